The number of carbonyl (C=O) groups is 2. The predicted molar refractivity (Wildman–Crippen MR) is 50.0 cm³/mol. The highest BCUT2D eigenvalue weighted by molar-refractivity contribution is 5.79. The molecule has 0 heterocycles. The van der Waals surface area contributed by atoms with E-state index < -0.39 is 0 Å². The van der Waals surface area contributed by atoms with Gasteiger partial charge in [0.05, 0.1) is 6.54 Å². The fourth-order valence-corrected chi connectivity index (χ4v) is 0.767. The molecular weight excluding hydrogens is 170 g/mol. The van der Waals surface area contributed by atoms with Crippen LogP contribution in [0.25, 0.3) is 0 Å². The quantitative estimate of drug-likeness (QED) is 0.606. The topological polar surface area (TPSA) is 66.6 Å². The van der Waals surface area contributed by atoms with Crippen molar-refractivity contribution >= 4 is 11.8 Å². The van der Waals surface area contributed by atoms with Crippen LogP contribution >= 0.6 is 0 Å². The minimum Gasteiger partial charge on any atom is -0.349 e. The third-order valence-electron chi connectivity index (χ3n) is 1.76. The Kier molecular flexibility index (Phi) is 5.06. The van der Waals surface area contributed by atoms with E-state index in [1.54, 1.807) is 21.1 Å². The van der Waals surface area contributed by atoms with Crippen LogP contribution in [0.15, 0.2) is 0 Å². The number of amides is 2. The average molecular weight is 187 g/mol. The molecule has 76 valence electrons. The molecule has 0 bridgehead atoms. The average Bonchev–Trinajstić information content (AvgIpc) is 2.11. The zero-order chi connectivity index (χ0) is 10.4. The molecule has 0 saturated heterocycles. The molecule has 0 saturated carbocycles. The van der Waals surface area contributed by atoms with Crippen molar-refractivity contribution < 1.29 is 9.59 Å². The molecule has 0 atom stereocenters. The summed E-state index contributed by atoms with van der Waals surface area (Å²) in [6, 6.07) is 0. The van der Waals surface area contributed by atoms with Gasteiger partial charge in [-0.1, -0.05) is 0 Å². The molecular formula is C8H17N3O2. The Hall–Kier alpha value is -1.10. The molecule has 0 aromatic carbocycles. The maximum atomic E-state index is 11.1. The van der Waals surface area contributed by atoms with Crippen LogP contribution in [-0.2, 0) is 9.59 Å². The molecule has 0 aliphatic rings. The minimum atomic E-state index is -0.147. The summed E-state index contributed by atoms with van der Waals surface area (Å²) in [5.74, 6) is -0.136. The van der Waals surface area contributed by atoms with Crippen LogP contribution in [-0.4, -0.2) is 55.8 Å². The summed E-state index contributed by atoms with van der Waals surface area (Å²) < 4.78 is 0. The monoisotopic (exact) mass is 187 g/mol. The van der Waals surface area contributed by atoms with Crippen molar-refractivity contribution in [2.75, 3.05) is 34.2 Å². The summed E-state index contributed by atoms with van der Waals surface area (Å²) in [5, 5.41) is 0. The van der Waals surface area contributed by atoms with Crippen molar-refractivity contribution in [2.45, 2.75) is 6.42 Å². The van der Waals surface area contributed by atoms with Gasteiger partial charge in [-0.2, -0.15) is 0 Å². The van der Waals surface area contributed by atoms with Gasteiger partial charge in [-0.3, -0.25) is 9.59 Å². The highest BCUT2D eigenvalue weighted by Gasteiger charge is 2.09. The normalized spacial score (nSPS) is 9.54. The van der Waals surface area contributed by atoms with E-state index in [2.05, 4.69) is 0 Å². The maximum absolute atomic E-state index is 11.1. The summed E-state index contributed by atoms with van der Waals surface area (Å²) in [4.78, 5) is 25.0. The Morgan fingerprint density at radius 2 is 1.69 bits per heavy atom. The lowest BCUT2D eigenvalue weighted by Gasteiger charge is -2.17. The molecule has 0 radical (unpaired) electrons. The second kappa shape index (κ2) is 5.53. The predicted octanol–water partition coefficient (Wildman–Crippen LogP) is -1.12. The summed E-state index contributed by atoms with van der Waals surface area (Å²) in [6.45, 7) is 0.416. The number of rotatable bonds is 4. The first-order valence-corrected chi connectivity index (χ1v) is 4.13. The molecule has 5 nitrogen and oxygen atoms in total. The zero-order valence-corrected chi connectivity index (χ0v) is 8.41. The minimum absolute atomic E-state index is 0.00729. The lowest BCUT2D eigenvalue weighted by molar-refractivity contribution is -0.131. The number of likely N-dealkylation sites (N-methyl/N-ethyl adjacent to an activating group) is 1. The third-order valence-corrected chi connectivity index (χ3v) is 1.76. The number of carbonyl (C=O) groups excluding carboxylic acids is 2. The van der Waals surface area contributed by atoms with Crippen molar-refractivity contribution in [1.29, 1.82) is 0 Å². The van der Waals surface area contributed by atoms with Crippen LogP contribution in [0.2, 0.25) is 0 Å². The van der Waals surface area contributed by atoms with E-state index in [1.165, 1.54) is 9.80 Å². The second-order valence-corrected chi connectivity index (χ2v) is 3.06. The molecule has 0 aliphatic heterocycles. The van der Waals surface area contributed by atoms with Gasteiger partial charge in [0.2, 0.25) is 11.8 Å². The van der Waals surface area contributed by atoms with Crippen LogP contribution in [0.4, 0.5) is 0 Å². The molecule has 0 rings (SSSR count). The van der Waals surface area contributed by atoms with Crippen molar-refractivity contribution in [3.05, 3.63) is 0 Å². The second-order valence-electron chi connectivity index (χ2n) is 3.06. The maximum Gasteiger partial charge on any atom is 0.236 e. The van der Waals surface area contributed by atoms with Crippen molar-refractivity contribution in [3.8, 4) is 0 Å². The molecule has 13 heavy (non-hydrogen) atoms. The lowest BCUT2D eigenvalue weighted by Crippen LogP contribution is -2.35. The van der Waals surface area contributed by atoms with E-state index in [0.29, 0.717) is 13.0 Å². The first kappa shape index (κ1) is 11.9. The number of nitrogens with two attached hydrogens (primary N) is 1. The van der Waals surface area contributed by atoms with Gasteiger partial charge in [0, 0.05) is 34.1 Å². The molecule has 0 aliphatic carbocycles. The summed E-state index contributed by atoms with van der Waals surface area (Å²) >= 11 is 0. The Balaban J connectivity index is 3.76. The van der Waals surface area contributed by atoms with E-state index in [4.69, 9.17) is 5.73 Å². The van der Waals surface area contributed by atoms with Crippen LogP contribution in [0.5, 0.6) is 0 Å². The summed E-state index contributed by atoms with van der Waals surface area (Å²) in [6.07, 6.45) is 0.342. The van der Waals surface area contributed by atoms with Gasteiger partial charge in [0.25, 0.3) is 0 Å². The van der Waals surface area contributed by atoms with Gasteiger partial charge >= 0.3 is 0 Å². The van der Waals surface area contributed by atoms with E-state index in [0.717, 1.165) is 0 Å². The van der Waals surface area contributed by atoms with Crippen molar-refractivity contribution in [2.24, 2.45) is 5.73 Å². The fourth-order valence-electron chi connectivity index (χ4n) is 0.767. The molecule has 0 spiro atoms. The van der Waals surface area contributed by atoms with Crippen LogP contribution in [0.1, 0.15) is 6.42 Å². The third kappa shape index (κ3) is 4.47. The molecule has 0 aromatic heterocycles. The van der Waals surface area contributed by atoms with Crippen LogP contribution in [0, 0.1) is 0 Å². The van der Waals surface area contributed by atoms with Gasteiger partial charge in [-0.25, -0.2) is 0 Å². The first-order valence-electron chi connectivity index (χ1n) is 4.13. The molecule has 2 N–H and O–H groups in total. The number of hydrogen-bond acceptors (Lipinski definition) is 3. The van der Waals surface area contributed by atoms with E-state index in [1.807, 2.05) is 0 Å². The van der Waals surface area contributed by atoms with E-state index in [-0.39, 0.29) is 18.4 Å². The molecule has 2 amide bonds. The highest BCUT2D eigenvalue weighted by Crippen LogP contribution is 1.91. The van der Waals surface area contributed by atoms with Gasteiger partial charge < -0.3 is 15.5 Å². The van der Waals surface area contributed by atoms with Gasteiger partial charge in [-0.15, -0.1) is 0 Å². The Morgan fingerprint density at radius 3 is 2.08 bits per heavy atom. The zero-order valence-electron chi connectivity index (χ0n) is 8.41. The van der Waals surface area contributed by atoms with Crippen molar-refractivity contribution in [3.63, 3.8) is 0 Å². The van der Waals surface area contributed by atoms with Crippen LogP contribution < -0.4 is 5.73 Å². The Morgan fingerprint density at radius 1 is 1.15 bits per heavy atom. The molecule has 0 unspecified atom stereocenters. The highest BCUT2D eigenvalue weighted by atomic mass is 16.2. The number of nitrogens with zero attached hydrogens (tertiary/aromatic N) is 2. The fraction of sp³-hybridized carbons (Fsp3) is 0.750. The SMILES string of the molecule is CN(C)C(=O)CCN(C)C(=O)CN. The molecule has 5 heteroatoms. The summed E-state index contributed by atoms with van der Waals surface area (Å²) in [5.41, 5.74) is 5.15. The van der Waals surface area contributed by atoms with E-state index in [9.17, 15) is 9.59 Å². The smallest absolute Gasteiger partial charge is 0.236 e. The molecule has 0 aromatic rings. The number of hydrogen-bond donors (Lipinski definition) is 1. The summed E-state index contributed by atoms with van der Waals surface area (Å²) in [7, 11) is 5.01. The molecule has 0 fully saturated rings. The Labute approximate surface area is 78.5 Å². The van der Waals surface area contributed by atoms with E-state index >= 15 is 0 Å². The van der Waals surface area contributed by atoms with Crippen molar-refractivity contribution in [1.82, 2.24) is 9.80 Å². The standard InChI is InChI=1S/C8H17N3O2/c1-10(2)7(12)4-5-11(3)8(13)6-9/h4-6,9H2,1-3H3. The van der Waals surface area contributed by atoms with Crippen LogP contribution in [0.3, 0.4) is 0 Å². The lowest BCUT2D eigenvalue weighted by atomic mass is 10.3. The van der Waals surface area contributed by atoms with Gasteiger partial charge in [0.1, 0.15) is 0 Å². The Bertz CT molecular complexity index is 192. The van der Waals surface area contributed by atoms with Gasteiger partial charge in [0.15, 0.2) is 0 Å². The van der Waals surface area contributed by atoms with Gasteiger partial charge in [-0.05, 0) is 0 Å². The largest absolute Gasteiger partial charge is 0.349 e. The first-order chi connectivity index (χ1) is 5.99.